The molecule has 3 aromatic carbocycles. The lowest BCUT2D eigenvalue weighted by atomic mass is 10.2. The van der Waals surface area contributed by atoms with Crippen LogP contribution in [0.5, 0.6) is 11.5 Å². The van der Waals surface area contributed by atoms with E-state index in [-0.39, 0.29) is 27.7 Å². The molecular weight excluding hydrogens is 453 g/mol. The molecule has 0 aromatic heterocycles. The second kappa shape index (κ2) is 10.3. The smallest absolute Gasteiger partial charge is 0.275 e. The Morgan fingerprint density at radius 1 is 1.03 bits per heavy atom. The van der Waals surface area contributed by atoms with Gasteiger partial charge in [-0.25, -0.2) is 0 Å². The fraction of sp³-hybridized carbons (Fsp3) is 0.174. The van der Waals surface area contributed by atoms with Crippen LogP contribution in [0.15, 0.2) is 60.7 Å². The predicted octanol–water partition coefficient (Wildman–Crippen LogP) is 6.79. The lowest BCUT2D eigenvalue weighted by molar-refractivity contribution is -0.384. The van der Waals surface area contributed by atoms with Gasteiger partial charge in [-0.2, -0.15) is 0 Å². The van der Waals surface area contributed by atoms with Crippen LogP contribution in [0.1, 0.15) is 24.2 Å². The fourth-order valence-corrected chi connectivity index (χ4v) is 3.65. The van der Waals surface area contributed by atoms with Crippen LogP contribution >= 0.6 is 23.2 Å². The Morgan fingerprint density at radius 2 is 1.78 bits per heavy atom. The molecule has 0 bridgehead atoms. The summed E-state index contributed by atoms with van der Waals surface area (Å²) in [7, 11) is 0. The maximum absolute atomic E-state index is 12.6. The van der Waals surface area contributed by atoms with Gasteiger partial charge in [0.2, 0.25) is 0 Å². The van der Waals surface area contributed by atoms with E-state index in [0.717, 1.165) is 18.8 Å². The standard InChI is InChI=1S/C23H21Cl2N3O4/c1-3-27(4-2)17-6-5-7-19(13-17)32-20-12-16(11-18(14-20)28(30)31)26-23(29)21-9-8-15(24)10-22(21)25/h5-14H,3-4H2,1-2H3,(H,26,29). The van der Waals surface area contributed by atoms with Gasteiger partial charge in [0.15, 0.2) is 0 Å². The van der Waals surface area contributed by atoms with Crippen LogP contribution < -0.4 is 15.0 Å². The third-order valence-electron chi connectivity index (χ3n) is 4.72. The van der Waals surface area contributed by atoms with E-state index in [1.165, 1.54) is 36.4 Å². The van der Waals surface area contributed by atoms with E-state index >= 15 is 0 Å². The summed E-state index contributed by atoms with van der Waals surface area (Å²) in [4.78, 5) is 25.7. The molecule has 0 unspecified atom stereocenters. The van der Waals surface area contributed by atoms with Crippen molar-refractivity contribution in [2.45, 2.75) is 13.8 Å². The first-order chi connectivity index (χ1) is 15.3. The van der Waals surface area contributed by atoms with E-state index in [9.17, 15) is 14.9 Å². The van der Waals surface area contributed by atoms with Crippen molar-refractivity contribution in [2.75, 3.05) is 23.3 Å². The topological polar surface area (TPSA) is 84.7 Å². The molecule has 32 heavy (non-hydrogen) atoms. The zero-order valence-corrected chi connectivity index (χ0v) is 19.0. The van der Waals surface area contributed by atoms with E-state index in [2.05, 4.69) is 24.1 Å². The molecule has 0 atom stereocenters. The molecule has 0 aliphatic heterocycles. The van der Waals surface area contributed by atoms with Crippen LogP contribution in [0.3, 0.4) is 0 Å². The number of hydrogen-bond acceptors (Lipinski definition) is 5. The van der Waals surface area contributed by atoms with Crippen molar-refractivity contribution >= 4 is 46.2 Å². The van der Waals surface area contributed by atoms with Crippen LogP contribution in [0.25, 0.3) is 0 Å². The summed E-state index contributed by atoms with van der Waals surface area (Å²) < 4.78 is 5.89. The second-order valence-corrected chi connectivity index (χ2v) is 7.67. The summed E-state index contributed by atoms with van der Waals surface area (Å²) in [6.07, 6.45) is 0. The normalized spacial score (nSPS) is 10.5. The van der Waals surface area contributed by atoms with Crippen molar-refractivity contribution in [3.8, 4) is 11.5 Å². The summed E-state index contributed by atoms with van der Waals surface area (Å²) in [5, 5.41) is 14.6. The Kier molecular flexibility index (Phi) is 7.56. The van der Waals surface area contributed by atoms with Crippen molar-refractivity contribution in [1.29, 1.82) is 0 Å². The lowest BCUT2D eigenvalue weighted by Crippen LogP contribution is -2.21. The summed E-state index contributed by atoms with van der Waals surface area (Å²) in [5.74, 6) is 0.211. The number of non-ortho nitro benzene ring substituents is 1. The van der Waals surface area contributed by atoms with Gasteiger partial charge in [0.05, 0.1) is 27.3 Å². The number of anilines is 2. The molecule has 0 spiro atoms. The quantitative estimate of drug-likeness (QED) is 0.287. The Morgan fingerprint density at radius 3 is 2.44 bits per heavy atom. The van der Waals surface area contributed by atoms with E-state index in [0.29, 0.717) is 10.8 Å². The minimum atomic E-state index is -0.551. The SMILES string of the molecule is CCN(CC)c1cccc(Oc2cc(NC(=O)c3ccc(Cl)cc3Cl)cc([N+](=O)[O-])c2)c1. The molecular formula is C23H21Cl2N3O4. The lowest BCUT2D eigenvalue weighted by Gasteiger charge is -2.21. The molecule has 0 aliphatic rings. The summed E-state index contributed by atoms with van der Waals surface area (Å²) in [6.45, 7) is 5.78. The molecule has 0 fully saturated rings. The van der Waals surface area contributed by atoms with E-state index < -0.39 is 10.8 Å². The third-order valence-corrected chi connectivity index (χ3v) is 5.27. The van der Waals surface area contributed by atoms with Crippen LogP contribution in [0.2, 0.25) is 10.0 Å². The number of nitro benzene ring substituents is 1. The number of nitrogens with one attached hydrogen (secondary N) is 1. The minimum Gasteiger partial charge on any atom is -0.457 e. The van der Waals surface area contributed by atoms with Gasteiger partial charge in [-0.1, -0.05) is 29.3 Å². The zero-order valence-electron chi connectivity index (χ0n) is 17.5. The number of nitrogens with zero attached hydrogens (tertiary/aromatic N) is 2. The monoisotopic (exact) mass is 473 g/mol. The molecule has 0 aliphatic carbocycles. The van der Waals surface area contributed by atoms with Gasteiger partial charge < -0.3 is 15.0 Å². The Labute approximate surface area is 195 Å². The number of ether oxygens (including phenoxy) is 1. The molecule has 3 rings (SSSR count). The fourth-order valence-electron chi connectivity index (χ4n) is 3.16. The van der Waals surface area contributed by atoms with Gasteiger partial charge in [0.1, 0.15) is 11.5 Å². The first kappa shape index (κ1) is 23.4. The number of amides is 1. The van der Waals surface area contributed by atoms with Gasteiger partial charge in [-0.3, -0.25) is 14.9 Å². The number of halogens is 2. The van der Waals surface area contributed by atoms with Crippen molar-refractivity contribution in [3.63, 3.8) is 0 Å². The Bertz CT molecular complexity index is 1150. The maximum Gasteiger partial charge on any atom is 0.275 e. The number of rotatable bonds is 8. The molecule has 0 radical (unpaired) electrons. The summed E-state index contributed by atoms with van der Waals surface area (Å²) in [6, 6.07) is 16.0. The number of carbonyl (C=O) groups is 1. The molecule has 0 saturated carbocycles. The van der Waals surface area contributed by atoms with Gasteiger partial charge in [0.25, 0.3) is 11.6 Å². The highest BCUT2D eigenvalue weighted by molar-refractivity contribution is 6.37. The van der Waals surface area contributed by atoms with Crippen LogP contribution in [0, 0.1) is 10.1 Å². The highest BCUT2D eigenvalue weighted by atomic mass is 35.5. The number of nitro groups is 1. The Hall–Kier alpha value is -3.29. The largest absolute Gasteiger partial charge is 0.457 e. The number of carbonyl (C=O) groups excluding carboxylic acids is 1. The average Bonchev–Trinajstić information content (AvgIpc) is 2.74. The molecule has 1 amide bonds. The van der Waals surface area contributed by atoms with E-state index in [4.69, 9.17) is 27.9 Å². The van der Waals surface area contributed by atoms with E-state index in [1.54, 1.807) is 6.07 Å². The third kappa shape index (κ3) is 5.69. The highest BCUT2D eigenvalue weighted by Crippen LogP contribution is 2.32. The van der Waals surface area contributed by atoms with Crippen molar-refractivity contribution in [1.82, 2.24) is 0 Å². The summed E-state index contributed by atoms with van der Waals surface area (Å²) >= 11 is 12.0. The molecule has 9 heteroatoms. The number of benzene rings is 3. The zero-order chi connectivity index (χ0) is 23.3. The van der Waals surface area contributed by atoms with Crippen LogP contribution in [-0.2, 0) is 0 Å². The highest BCUT2D eigenvalue weighted by Gasteiger charge is 2.16. The average molecular weight is 474 g/mol. The molecule has 0 heterocycles. The second-order valence-electron chi connectivity index (χ2n) is 6.82. The van der Waals surface area contributed by atoms with Crippen LogP contribution in [-0.4, -0.2) is 23.9 Å². The molecule has 7 nitrogen and oxygen atoms in total. The minimum absolute atomic E-state index is 0.171. The van der Waals surface area contributed by atoms with Gasteiger partial charge >= 0.3 is 0 Å². The van der Waals surface area contributed by atoms with Gasteiger partial charge in [-0.05, 0) is 44.2 Å². The van der Waals surface area contributed by atoms with E-state index in [1.807, 2.05) is 18.2 Å². The predicted molar refractivity (Wildman–Crippen MR) is 128 cm³/mol. The molecule has 3 aromatic rings. The van der Waals surface area contributed by atoms with Gasteiger partial charge in [-0.15, -0.1) is 0 Å². The summed E-state index contributed by atoms with van der Waals surface area (Å²) in [5.41, 5.74) is 1.14. The molecule has 166 valence electrons. The molecule has 1 N–H and O–H groups in total. The van der Waals surface area contributed by atoms with Crippen LogP contribution in [0.4, 0.5) is 17.1 Å². The van der Waals surface area contributed by atoms with Crippen molar-refractivity contribution in [2.24, 2.45) is 0 Å². The van der Waals surface area contributed by atoms with Gasteiger partial charge in [0, 0.05) is 42.0 Å². The molecule has 0 saturated heterocycles. The first-order valence-electron chi connectivity index (χ1n) is 9.89. The maximum atomic E-state index is 12.6. The van der Waals surface area contributed by atoms with Crippen molar-refractivity contribution < 1.29 is 14.5 Å². The first-order valence-corrected chi connectivity index (χ1v) is 10.6. The number of hydrogen-bond donors (Lipinski definition) is 1. The Balaban J connectivity index is 1.89. The van der Waals surface area contributed by atoms with Crippen molar-refractivity contribution in [3.05, 3.63) is 86.4 Å².